The summed E-state index contributed by atoms with van der Waals surface area (Å²) < 4.78 is 0. The minimum Gasteiger partial charge on any atom is -0.286 e. The Bertz CT molecular complexity index is 347. The van der Waals surface area contributed by atoms with Crippen molar-refractivity contribution >= 4 is 6.29 Å². The molecule has 0 N–H and O–H groups in total. The van der Waals surface area contributed by atoms with E-state index in [2.05, 4.69) is 19.1 Å². The molecule has 0 unspecified atom stereocenters. The Hall–Kier alpha value is -1.37. The van der Waals surface area contributed by atoms with Crippen LogP contribution < -0.4 is 0 Å². The summed E-state index contributed by atoms with van der Waals surface area (Å²) in [6, 6.07) is 0. The van der Waals surface area contributed by atoms with Crippen molar-refractivity contribution in [3.63, 3.8) is 0 Å². The Morgan fingerprint density at radius 1 is 0.609 bits per heavy atom. The van der Waals surface area contributed by atoms with Gasteiger partial charge in [-0.25, -0.2) is 0 Å². The highest BCUT2D eigenvalue weighted by Gasteiger charge is 1.92. The van der Waals surface area contributed by atoms with E-state index in [1.807, 2.05) is 24.3 Å². The number of hydrogen-bond donors (Lipinski definition) is 0. The van der Waals surface area contributed by atoms with Crippen LogP contribution in [0.2, 0.25) is 0 Å². The van der Waals surface area contributed by atoms with Crippen LogP contribution in [0.4, 0.5) is 0 Å². The fourth-order valence-corrected chi connectivity index (χ4v) is 2.45. The minimum absolute atomic E-state index is 1.17. The lowest BCUT2D eigenvalue weighted by Gasteiger charge is -2.01. The second kappa shape index (κ2) is 20.6. The average Bonchev–Trinajstić information content (AvgIpc) is 2.57. The van der Waals surface area contributed by atoms with Gasteiger partial charge in [-0.2, -0.15) is 0 Å². The van der Waals surface area contributed by atoms with Crippen molar-refractivity contribution in [3.8, 4) is 0 Å². The summed E-state index contributed by atoms with van der Waals surface area (Å²) in [6.07, 6.45) is 33.3. The largest absolute Gasteiger partial charge is 0.286 e. The van der Waals surface area contributed by atoms with Crippen molar-refractivity contribution in [1.82, 2.24) is 0 Å². The lowest BCUT2D eigenvalue weighted by atomic mass is 10.1. The lowest BCUT2D eigenvalue weighted by molar-refractivity contribution is 0.550. The molecule has 0 aliphatic carbocycles. The van der Waals surface area contributed by atoms with Crippen molar-refractivity contribution in [3.05, 3.63) is 48.6 Å². The van der Waals surface area contributed by atoms with Crippen molar-refractivity contribution < 1.29 is 4.79 Å². The maximum Gasteiger partial charge on any atom is 0.225 e. The zero-order valence-corrected chi connectivity index (χ0v) is 15.0. The molecular weight excluding hydrogens is 280 g/mol. The monoisotopic (exact) mass is 315 g/mol. The Morgan fingerprint density at radius 2 is 1.09 bits per heavy atom. The van der Waals surface area contributed by atoms with Crippen molar-refractivity contribution in [2.75, 3.05) is 0 Å². The first-order valence-electron chi connectivity index (χ1n) is 9.44. The van der Waals surface area contributed by atoms with Crippen LogP contribution in [0.25, 0.3) is 0 Å². The molecule has 129 valence electrons. The van der Waals surface area contributed by atoms with Gasteiger partial charge in [0.2, 0.25) is 6.29 Å². The Kier molecular flexibility index (Phi) is 19.4. The van der Waals surface area contributed by atoms with E-state index >= 15 is 0 Å². The zero-order valence-electron chi connectivity index (χ0n) is 15.0. The van der Waals surface area contributed by atoms with Crippen molar-refractivity contribution in [2.45, 2.75) is 84.0 Å². The molecule has 0 heterocycles. The molecule has 0 spiro atoms. The molecular formula is C22H35O. The summed E-state index contributed by atoms with van der Waals surface area (Å²) in [4.78, 5) is 9.91. The van der Waals surface area contributed by atoms with Crippen LogP contribution in [0.15, 0.2) is 48.6 Å². The van der Waals surface area contributed by atoms with E-state index in [0.29, 0.717) is 0 Å². The maximum absolute atomic E-state index is 9.91. The van der Waals surface area contributed by atoms with Crippen LogP contribution in [-0.4, -0.2) is 6.29 Å². The highest BCUT2D eigenvalue weighted by Crippen LogP contribution is 2.11. The number of hydrogen-bond acceptors (Lipinski definition) is 1. The number of carbonyl (C=O) groups excluding carboxylic acids is 1. The van der Waals surface area contributed by atoms with E-state index in [4.69, 9.17) is 0 Å². The molecule has 0 aromatic heterocycles. The second-order valence-corrected chi connectivity index (χ2v) is 6.00. The summed E-state index contributed by atoms with van der Waals surface area (Å²) in [5.74, 6) is 0. The van der Waals surface area contributed by atoms with Crippen LogP contribution in [0, 0.1) is 0 Å². The van der Waals surface area contributed by atoms with Crippen LogP contribution in [0.1, 0.15) is 84.0 Å². The van der Waals surface area contributed by atoms with Crippen LogP contribution in [0.3, 0.4) is 0 Å². The van der Waals surface area contributed by atoms with Crippen LogP contribution >= 0.6 is 0 Å². The number of allylic oxidation sites excluding steroid dienone is 8. The Labute approximate surface area is 144 Å². The lowest BCUT2D eigenvalue weighted by Crippen LogP contribution is -1.81. The molecule has 23 heavy (non-hydrogen) atoms. The van der Waals surface area contributed by atoms with Gasteiger partial charge in [0.15, 0.2) is 0 Å². The highest BCUT2D eigenvalue weighted by atomic mass is 16.1. The first kappa shape index (κ1) is 21.6. The average molecular weight is 316 g/mol. The minimum atomic E-state index is 1.17. The third-order valence-electron chi connectivity index (χ3n) is 3.83. The van der Waals surface area contributed by atoms with Gasteiger partial charge in [-0.3, -0.25) is 4.79 Å². The van der Waals surface area contributed by atoms with Gasteiger partial charge in [-0.15, -0.1) is 0 Å². The van der Waals surface area contributed by atoms with E-state index in [-0.39, 0.29) is 0 Å². The predicted octanol–water partition coefficient (Wildman–Crippen LogP) is 7.02. The van der Waals surface area contributed by atoms with Gasteiger partial charge in [0.25, 0.3) is 0 Å². The summed E-state index contributed by atoms with van der Waals surface area (Å²) in [7, 11) is 0. The fraction of sp³-hybridized carbons (Fsp3) is 0.591. The Morgan fingerprint density at radius 3 is 1.65 bits per heavy atom. The third-order valence-corrected chi connectivity index (χ3v) is 3.83. The normalized spacial score (nSPS) is 12.4. The second-order valence-electron chi connectivity index (χ2n) is 6.00. The molecule has 0 rings (SSSR count). The molecule has 0 fully saturated rings. The summed E-state index contributed by atoms with van der Waals surface area (Å²) in [5.41, 5.74) is 0. The molecule has 1 heteroatoms. The van der Waals surface area contributed by atoms with Gasteiger partial charge >= 0.3 is 0 Å². The molecule has 0 saturated heterocycles. The number of rotatable bonds is 16. The molecule has 0 aliphatic rings. The van der Waals surface area contributed by atoms with Crippen molar-refractivity contribution in [2.24, 2.45) is 0 Å². The zero-order chi connectivity index (χ0) is 16.8. The van der Waals surface area contributed by atoms with Crippen molar-refractivity contribution in [1.29, 1.82) is 0 Å². The molecule has 1 nitrogen and oxygen atoms in total. The quantitative estimate of drug-likeness (QED) is 0.170. The molecule has 0 aromatic rings. The van der Waals surface area contributed by atoms with Gasteiger partial charge in [-0.1, -0.05) is 114 Å². The molecule has 0 aromatic carbocycles. The Balaban J connectivity index is 3.24. The van der Waals surface area contributed by atoms with Gasteiger partial charge in [0.05, 0.1) is 0 Å². The van der Waals surface area contributed by atoms with E-state index in [0.717, 1.165) is 0 Å². The summed E-state index contributed by atoms with van der Waals surface area (Å²) in [5, 5.41) is 0. The molecule has 0 aliphatic heterocycles. The maximum atomic E-state index is 9.91. The van der Waals surface area contributed by atoms with E-state index < -0.39 is 0 Å². The van der Waals surface area contributed by atoms with E-state index in [1.165, 1.54) is 83.1 Å². The smallest absolute Gasteiger partial charge is 0.225 e. The standard InChI is InChI=1S/C22H35O/c1-2-3-4-5-6-7-8-9-10-11-12-13-14-15-16-17-18-19-20-21-22-23/h14-21H,2-13H2,1H3/b15-14+,17-16-,19-18+,21-20+. The molecule has 0 atom stereocenters. The fourth-order valence-electron chi connectivity index (χ4n) is 2.45. The van der Waals surface area contributed by atoms with Gasteiger partial charge in [0, 0.05) is 0 Å². The first-order valence-corrected chi connectivity index (χ1v) is 9.44. The first-order chi connectivity index (χ1) is 11.4. The molecule has 1 radical (unpaired) electrons. The predicted molar refractivity (Wildman–Crippen MR) is 103 cm³/mol. The summed E-state index contributed by atoms with van der Waals surface area (Å²) in [6.45, 7) is 2.27. The summed E-state index contributed by atoms with van der Waals surface area (Å²) >= 11 is 0. The van der Waals surface area contributed by atoms with Crippen LogP contribution in [-0.2, 0) is 4.79 Å². The number of unbranched alkanes of at least 4 members (excludes halogenated alkanes) is 11. The SMILES string of the molecule is CCCCCCCCCCCCC/C=C/C=C\C=C\C=C\[C]=O. The van der Waals surface area contributed by atoms with E-state index in [9.17, 15) is 4.79 Å². The highest BCUT2D eigenvalue weighted by molar-refractivity contribution is 5.66. The van der Waals surface area contributed by atoms with E-state index in [1.54, 1.807) is 12.4 Å². The molecule has 0 bridgehead atoms. The topological polar surface area (TPSA) is 17.1 Å². The van der Waals surface area contributed by atoms with Gasteiger partial charge < -0.3 is 0 Å². The van der Waals surface area contributed by atoms with Gasteiger partial charge in [-0.05, 0) is 18.9 Å². The molecule has 0 saturated carbocycles. The third kappa shape index (κ3) is 20.6. The van der Waals surface area contributed by atoms with Gasteiger partial charge in [0.1, 0.15) is 0 Å². The molecule has 0 amide bonds. The van der Waals surface area contributed by atoms with Crippen LogP contribution in [0.5, 0.6) is 0 Å².